The quantitative estimate of drug-likeness (QED) is 0.551. The van der Waals surface area contributed by atoms with E-state index in [4.69, 9.17) is 5.73 Å². The van der Waals surface area contributed by atoms with Gasteiger partial charge in [0.05, 0.1) is 0 Å². The summed E-state index contributed by atoms with van der Waals surface area (Å²) >= 11 is 0. The smallest absolute Gasteiger partial charge is 0.0103 e. The lowest BCUT2D eigenvalue weighted by Gasteiger charge is -1.80. The SMILES string of the molecule is NC=CCC1CC1. The van der Waals surface area contributed by atoms with E-state index in [-0.39, 0.29) is 0 Å². The van der Waals surface area contributed by atoms with Gasteiger partial charge in [0.1, 0.15) is 0 Å². The Morgan fingerprint density at radius 3 is 2.71 bits per heavy atom. The standard InChI is InChI=1S/C6H11N/c7-5-1-2-6-3-4-6/h1,5-6H,2-4,7H2. The minimum Gasteiger partial charge on any atom is -0.405 e. The van der Waals surface area contributed by atoms with Crippen LogP contribution in [0.5, 0.6) is 0 Å². The Morgan fingerprint density at radius 1 is 1.57 bits per heavy atom. The molecule has 0 aromatic heterocycles. The average molecular weight is 97.2 g/mol. The number of allylic oxidation sites excluding steroid dienone is 1. The molecule has 1 saturated carbocycles. The van der Waals surface area contributed by atoms with E-state index in [1.165, 1.54) is 19.3 Å². The largest absolute Gasteiger partial charge is 0.405 e. The highest BCUT2D eigenvalue weighted by molar-refractivity contribution is 4.85. The zero-order valence-electron chi connectivity index (χ0n) is 4.43. The maximum atomic E-state index is 5.12. The van der Waals surface area contributed by atoms with Gasteiger partial charge in [0.25, 0.3) is 0 Å². The molecule has 2 N–H and O–H groups in total. The Hall–Kier alpha value is -0.460. The highest BCUT2D eigenvalue weighted by Gasteiger charge is 2.18. The Bertz CT molecular complexity index is 72.2. The minimum atomic E-state index is 0.986. The number of nitrogens with two attached hydrogens (primary N) is 1. The topological polar surface area (TPSA) is 26.0 Å². The van der Waals surface area contributed by atoms with Gasteiger partial charge < -0.3 is 5.73 Å². The number of hydrogen-bond donors (Lipinski definition) is 1. The highest BCUT2D eigenvalue weighted by atomic mass is 14.5. The molecule has 40 valence electrons. The molecule has 1 fully saturated rings. The average Bonchev–Trinajstić information content (AvgIpc) is 2.42. The maximum Gasteiger partial charge on any atom is -0.0103 e. The summed E-state index contributed by atoms with van der Waals surface area (Å²) in [7, 11) is 0. The summed E-state index contributed by atoms with van der Waals surface area (Å²) in [6, 6.07) is 0. The molecule has 0 aromatic rings. The Kier molecular flexibility index (Phi) is 1.35. The van der Waals surface area contributed by atoms with Gasteiger partial charge in [-0.1, -0.05) is 6.08 Å². The summed E-state index contributed by atoms with van der Waals surface area (Å²) in [5.41, 5.74) is 5.12. The van der Waals surface area contributed by atoms with E-state index in [1.807, 2.05) is 6.08 Å². The molecule has 7 heavy (non-hydrogen) atoms. The van der Waals surface area contributed by atoms with Crippen molar-refractivity contribution in [3.8, 4) is 0 Å². The summed E-state index contributed by atoms with van der Waals surface area (Å²) in [5, 5.41) is 0. The van der Waals surface area contributed by atoms with Crippen LogP contribution in [-0.2, 0) is 0 Å². The lowest BCUT2D eigenvalue weighted by molar-refractivity contribution is 0.861. The number of hydrogen-bond acceptors (Lipinski definition) is 1. The highest BCUT2D eigenvalue weighted by Crippen LogP contribution is 2.32. The summed E-state index contributed by atoms with van der Waals surface area (Å²) in [6.07, 6.45) is 7.72. The molecule has 1 rings (SSSR count). The molecular weight excluding hydrogens is 86.1 g/mol. The van der Waals surface area contributed by atoms with Crippen molar-refractivity contribution < 1.29 is 0 Å². The van der Waals surface area contributed by atoms with Gasteiger partial charge in [0.2, 0.25) is 0 Å². The third-order valence-electron chi connectivity index (χ3n) is 1.30. The monoisotopic (exact) mass is 97.1 g/mol. The van der Waals surface area contributed by atoms with Crippen molar-refractivity contribution in [2.24, 2.45) is 11.7 Å². The Morgan fingerprint density at radius 2 is 2.29 bits per heavy atom. The zero-order chi connectivity index (χ0) is 5.11. The molecule has 0 heterocycles. The fourth-order valence-electron chi connectivity index (χ4n) is 0.625. The van der Waals surface area contributed by atoms with Crippen molar-refractivity contribution >= 4 is 0 Å². The van der Waals surface area contributed by atoms with E-state index < -0.39 is 0 Å². The third-order valence-corrected chi connectivity index (χ3v) is 1.30. The van der Waals surface area contributed by atoms with E-state index in [2.05, 4.69) is 0 Å². The van der Waals surface area contributed by atoms with Crippen molar-refractivity contribution in [3.63, 3.8) is 0 Å². The molecule has 0 aromatic carbocycles. The van der Waals surface area contributed by atoms with Crippen LogP contribution in [0.3, 0.4) is 0 Å². The fraction of sp³-hybridized carbons (Fsp3) is 0.667. The zero-order valence-corrected chi connectivity index (χ0v) is 4.43. The predicted molar refractivity (Wildman–Crippen MR) is 30.7 cm³/mol. The van der Waals surface area contributed by atoms with Gasteiger partial charge in [-0.3, -0.25) is 0 Å². The molecule has 1 heteroatoms. The molecule has 0 amide bonds. The van der Waals surface area contributed by atoms with Gasteiger partial charge in [-0.25, -0.2) is 0 Å². The van der Waals surface area contributed by atoms with Gasteiger partial charge in [-0.15, -0.1) is 0 Å². The van der Waals surface area contributed by atoms with Crippen LogP contribution in [0.4, 0.5) is 0 Å². The first-order valence-corrected chi connectivity index (χ1v) is 2.80. The van der Waals surface area contributed by atoms with Crippen molar-refractivity contribution in [1.82, 2.24) is 0 Å². The van der Waals surface area contributed by atoms with Crippen LogP contribution in [0.2, 0.25) is 0 Å². The van der Waals surface area contributed by atoms with E-state index in [1.54, 1.807) is 6.20 Å². The summed E-state index contributed by atoms with van der Waals surface area (Å²) in [4.78, 5) is 0. The molecule has 0 radical (unpaired) electrons. The number of rotatable bonds is 2. The van der Waals surface area contributed by atoms with Crippen LogP contribution >= 0.6 is 0 Å². The molecule has 0 bridgehead atoms. The molecule has 0 aliphatic heterocycles. The van der Waals surface area contributed by atoms with Crippen LogP contribution in [0.1, 0.15) is 19.3 Å². The lowest BCUT2D eigenvalue weighted by Crippen LogP contribution is -1.76. The fourth-order valence-corrected chi connectivity index (χ4v) is 0.625. The van der Waals surface area contributed by atoms with E-state index in [9.17, 15) is 0 Å². The second-order valence-corrected chi connectivity index (χ2v) is 2.11. The molecule has 1 aliphatic rings. The van der Waals surface area contributed by atoms with Gasteiger partial charge in [-0.2, -0.15) is 0 Å². The Balaban J connectivity index is 1.98. The Labute approximate surface area is 44.2 Å². The molecule has 0 saturated heterocycles. The van der Waals surface area contributed by atoms with E-state index in [0.717, 1.165) is 5.92 Å². The van der Waals surface area contributed by atoms with Gasteiger partial charge >= 0.3 is 0 Å². The molecule has 1 nitrogen and oxygen atoms in total. The summed E-state index contributed by atoms with van der Waals surface area (Å²) in [6.45, 7) is 0. The van der Waals surface area contributed by atoms with Gasteiger partial charge in [0.15, 0.2) is 0 Å². The summed E-state index contributed by atoms with van der Waals surface area (Å²) < 4.78 is 0. The summed E-state index contributed by atoms with van der Waals surface area (Å²) in [5.74, 6) is 0.986. The predicted octanol–water partition coefficient (Wildman–Crippen LogP) is 1.26. The maximum absolute atomic E-state index is 5.12. The van der Waals surface area contributed by atoms with Crippen molar-refractivity contribution in [2.45, 2.75) is 19.3 Å². The molecular formula is C6H11N. The van der Waals surface area contributed by atoms with Crippen LogP contribution in [0.25, 0.3) is 0 Å². The van der Waals surface area contributed by atoms with Crippen LogP contribution < -0.4 is 5.73 Å². The van der Waals surface area contributed by atoms with Crippen molar-refractivity contribution in [1.29, 1.82) is 0 Å². The lowest BCUT2D eigenvalue weighted by atomic mass is 10.3. The van der Waals surface area contributed by atoms with Crippen molar-refractivity contribution in [2.75, 3.05) is 0 Å². The van der Waals surface area contributed by atoms with Crippen LogP contribution in [0.15, 0.2) is 12.3 Å². The molecule has 1 aliphatic carbocycles. The molecule has 0 unspecified atom stereocenters. The van der Waals surface area contributed by atoms with Crippen LogP contribution in [0, 0.1) is 5.92 Å². The first-order chi connectivity index (χ1) is 3.43. The van der Waals surface area contributed by atoms with Gasteiger partial charge in [-0.05, 0) is 31.4 Å². The van der Waals surface area contributed by atoms with Crippen LogP contribution in [-0.4, -0.2) is 0 Å². The minimum absolute atomic E-state index is 0.986. The normalized spacial score (nSPS) is 21.1. The van der Waals surface area contributed by atoms with Crippen molar-refractivity contribution in [3.05, 3.63) is 12.3 Å². The van der Waals surface area contributed by atoms with E-state index >= 15 is 0 Å². The second-order valence-electron chi connectivity index (χ2n) is 2.11. The first-order valence-electron chi connectivity index (χ1n) is 2.80. The molecule has 0 atom stereocenters. The van der Waals surface area contributed by atoms with E-state index in [0.29, 0.717) is 0 Å². The first kappa shape index (κ1) is 4.69. The second kappa shape index (κ2) is 2.01. The molecule has 0 spiro atoms. The van der Waals surface area contributed by atoms with Gasteiger partial charge in [0, 0.05) is 0 Å². The third kappa shape index (κ3) is 1.62.